The minimum Gasteiger partial charge on any atom is -0.462 e. The highest BCUT2D eigenvalue weighted by Crippen LogP contribution is 2.33. The van der Waals surface area contributed by atoms with Gasteiger partial charge in [0.2, 0.25) is 0 Å². The number of hydrogen-bond acceptors (Lipinski definition) is 5. The predicted octanol–water partition coefficient (Wildman–Crippen LogP) is 2.04. The van der Waals surface area contributed by atoms with Gasteiger partial charge in [-0.25, -0.2) is 4.79 Å². The first-order valence-electron chi connectivity index (χ1n) is 7.78. The second-order valence-corrected chi connectivity index (χ2v) is 7.45. The molecule has 1 aromatic carbocycles. The summed E-state index contributed by atoms with van der Waals surface area (Å²) in [7, 11) is -3.92. The molecule has 0 atom stereocenters. The molecule has 7 nitrogen and oxygen atoms in total. The lowest BCUT2D eigenvalue weighted by atomic mass is 10.0. The van der Waals surface area contributed by atoms with Crippen molar-refractivity contribution in [3.63, 3.8) is 0 Å². The number of ether oxygens (including phenoxy) is 1. The summed E-state index contributed by atoms with van der Waals surface area (Å²) in [6, 6.07) is 5.68. The van der Waals surface area contributed by atoms with Crippen molar-refractivity contribution in [2.45, 2.75) is 31.7 Å². The summed E-state index contributed by atoms with van der Waals surface area (Å²) in [5.74, 6) is -0.703. The number of aryl methyl sites for hydroxylation is 2. The number of esters is 1. The lowest BCUT2D eigenvalue weighted by Crippen LogP contribution is -2.36. The van der Waals surface area contributed by atoms with Gasteiger partial charge in [0.05, 0.1) is 18.5 Å². The number of aromatic nitrogens is 2. The molecule has 0 aliphatic carbocycles. The molecule has 0 saturated heterocycles. The van der Waals surface area contributed by atoms with Gasteiger partial charge in [0.1, 0.15) is 5.56 Å². The Morgan fingerprint density at radius 3 is 2.96 bits per heavy atom. The van der Waals surface area contributed by atoms with Gasteiger partial charge in [0.15, 0.2) is 5.03 Å². The molecule has 1 aromatic heterocycles. The number of hydrogen-bond donors (Lipinski definition) is 1. The van der Waals surface area contributed by atoms with E-state index in [1.54, 1.807) is 6.92 Å². The maximum atomic E-state index is 13.1. The summed E-state index contributed by atoms with van der Waals surface area (Å²) >= 11 is 0. The van der Waals surface area contributed by atoms with E-state index in [2.05, 4.69) is 10.2 Å². The fourth-order valence-electron chi connectivity index (χ4n) is 2.88. The molecule has 128 valence electrons. The van der Waals surface area contributed by atoms with Crippen LogP contribution >= 0.6 is 0 Å². The van der Waals surface area contributed by atoms with Gasteiger partial charge in [-0.15, -0.1) is 0 Å². The molecule has 2 heterocycles. The molecule has 8 heteroatoms. The van der Waals surface area contributed by atoms with Crippen molar-refractivity contribution in [2.24, 2.45) is 0 Å². The van der Waals surface area contributed by atoms with Crippen molar-refractivity contribution >= 4 is 21.7 Å². The van der Waals surface area contributed by atoms with Crippen LogP contribution in [0, 0.1) is 6.92 Å². The molecule has 0 saturated carbocycles. The Kier molecular flexibility index (Phi) is 4.31. The minimum atomic E-state index is -3.92. The first kappa shape index (κ1) is 16.5. The van der Waals surface area contributed by atoms with E-state index >= 15 is 0 Å². The Labute approximate surface area is 140 Å². The summed E-state index contributed by atoms with van der Waals surface area (Å²) in [4.78, 5) is 12.0. The van der Waals surface area contributed by atoms with Crippen molar-refractivity contribution in [1.29, 1.82) is 0 Å². The molecular weight excluding hydrogens is 330 g/mol. The van der Waals surface area contributed by atoms with Crippen molar-refractivity contribution < 1.29 is 17.9 Å². The summed E-state index contributed by atoms with van der Waals surface area (Å²) in [5.41, 5.74) is 2.65. The third-order valence-electron chi connectivity index (χ3n) is 3.96. The monoisotopic (exact) mass is 349 g/mol. The maximum absolute atomic E-state index is 13.1. The van der Waals surface area contributed by atoms with E-state index in [0.29, 0.717) is 12.2 Å². The lowest BCUT2D eigenvalue weighted by Gasteiger charge is -2.30. The molecule has 0 radical (unpaired) electrons. The number of carbonyl (C=O) groups is 1. The van der Waals surface area contributed by atoms with E-state index < -0.39 is 16.0 Å². The third kappa shape index (κ3) is 2.77. The molecule has 24 heavy (non-hydrogen) atoms. The molecule has 1 aliphatic heterocycles. The topological polar surface area (TPSA) is 92.4 Å². The average Bonchev–Trinajstić information content (AvgIpc) is 3.04. The molecular formula is C16H19N3O4S. The van der Waals surface area contributed by atoms with Crippen LogP contribution in [0.5, 0.6) is 0 Å². The largest absolute Gasteiger partial charge is 0.462 e. The number of carbonyl (C=O) groups excluding carboxylic acids is 1. The number of fused-ring (bicyclic) bond motifs is 1. The molecule has 3 rings (SSSR count). The van der Waals surface area contributed by atoms with Crippen molar-refractivity contribution in [3.05, 3.63) is 41.1 Å². The molecule has 1 N–H and O–H groups in total. The summed E-state index contributed by atoms with van der Waals surface area (Å²) in [6.07, 6.45) is 2.74. The Hall–Kier alpha value is -2.35. The van der Waals surface area contributed by atoms with E-state index in [4.69, 9.17) is 4.74 Å². The maximum Gasteiger partial charge on any atom is 0.342 e. The van der Waals surface area contributed by atoms with Crippen LogP contribution in [0.25, 0.3) is 0 Å². The Balaban J connectivity index is 2.05. The number of aromatic amines is 1. The first-order valence-corrected chi connectivity index (χ1v) is 9.22. The minimum absolute atomic E-state index is 0.0731. The zero-order valence-electron chi connectivity index (χ0n) is 13.6. The second-order valence-electron chi connectivity index (χ2n) is 5.65. The molecule has 2 aromatic rings. The zero-order valence-corrected chi connectivity index (χ0v) is 14.4. The van der Waals surface area contributed by atoms with Crippen LogP contribution in [0.15, 0.2) is 29.4 Å². The Morgan fingerprint density at radius 2 is 2.21 bits per heavy atom. The van der Waals surface area contributed by atoms with E-state index in [9.17, 15) is 13.2 Å². The highest BCUT2D eigenvalue weighted by Gasteiger charge is 2.34. The van der Waals surface area contributed by atoms with Gasteiger partial charge in [-0.05, 0) is 38.3 Å². The van der Waals surface area contributed by atoms with E-state index in [0.717, 1.165) is 24.0 Å². The molecule has 0 fully saturated rings. The quantitative estimate of drug-likeness (QED) is 0.853. The number of nitrogens with one attached hydrogen (secondary N) is 1. The van der Waals surface area contributed by atoms with Crippen molar-refractivity contribution in [2.75, 3.05) is 17.5 Å². The van der Waals surface area contributed by atoms with Gasteiger partial charge in [-0.2, -0.15) is 13.5 Å². The van der Waals surface area contributed by atoms with Gasteiger partial charge < -0.3 is 4.74 Å². The number of rotatable bonds is 4. The summed E-state index contributed by atoms with van der Waals surface area (Å²) < 4.78 is 32.4. The summed E-state index contributed by atoms with van der Waals surface area (Å²) in [6.45, 7) is 4.16. The van der Waals surface area contributed by atoms with Gasteiger partial charge in [0, 0.05) is 6.54 Å². The third-order valence-corrected chi connectivity index (χ3v) is 5.75. The molecule has 0 bridgehead atoms. The number of nitrogens with zero attached hydrogens (tertiary/aromatic N) is 2. The second kappa shape index (κ2) is 6.27. The Bertz CT molecular complexity index is 873. The van der Waals surface area contributed by atoms with Gasteiger partial charge >= 0.3 is 5.97 Å². The van der Waals surface area contributed by atoms with E-state index in [-0.39, 0.29) is 17.2 Å². The highest BCUT2D eigenvalue weighted by molar-refractivity contribution is 7.92. The van der Waals surface area contributed by atoms with Gasteiger partial charge in [0.25, 0.3) is 10.0 Å². The lowest BCUT2D eigenvalue weighted by molar-refractivity contribution is 0.0522. The van der Waals surface area contributed by atoms with Crippen LogP contribution in [-0.4, -0.2) is 37.7 Å². The predicted molar refractivity (Wildman–Crippen MR) is 88.6 cm³/mol. The molecule has 1 aliphatic rings. The fraction of sp³-hybridized carbons (Fsp3) is 0.375. The van der Waals surface area contributed by atoms with Crippen LogP contribution in [0.3, 0.4) is 0 Å². The first-order chi connectivity index (χ1) is 11.4. The highest BCUT2D eigenvalue weighted by atomic mass is 32.2. The smallest absolute Gasteiger partial charge is 0.342 e. The standard InChI is InChI=1S/C16H19N3O4S/c1-3-23-16(20)13-10-17-18-15(13)24(21,22)19-8-4-5-12-9-11(2)6-7-14(12)19/h6-7,9-10H,3-5,8H2,1-2H3,(H,17,18). The van der Waals surface area contributed by atoms with Crippen LogP contribution < -0.4 is 4.31 Å². The zero-order chi connectivity index (χ0) is 17.3. The van der Waals surface area contributed by atoms with Crippen LogP contribution in [0.2, 0.25) is 0 Å². The SMILES string of the molecule is CCOC(=O)c1cn[nH]c1S(=O)(=O)N1CCCc2cc(C)ccc21. The number of sulfonamides is 1. The average molecular weight is 349 g/mol. The Morgan fingerprint density at radius 1 is 1.42 bits per heavy atom. The van der Waals surface area contributed by atoms with Gasteiger partial charge in [-0.3, -0.25) is 9.40 Å². The van der Waals surface area contributed by atoms with Crippen molar-refractivity contribution in [3.8, 4) is 0 Å². The molecule has 0 unspecified atom stereocenters. The van der Waals surface area contributed by atoms with Crippen LogP contribution in [0.4, 0.5) is 5.69 Å². The molecule has 0 amide bonds. The normalized spacial score (nSPS) is 14.3. The van der Waals surface area contributed by atoms with Crippen LogP contribution in [0.1, 0.15) is 34.8 Å². The molecule has 0 spiro atoms. The number of benzene rings is 1. The van der Waals surface area contributed by atoms with Crippen molar-refractivity contribution in [1.82, 2.24) is 10.2 Å². The fourth-order valence-corrected chi connectivity index (χ4v) is 4.49. The van der Waals surface area contributed by atoms with Crippen LogP contribution in [-0.2, 0) is 21.2 Å². The summed E-state index contributed by atoms with van der Waals surface area (Å²) in [5, 5.41) is 5.94. The van der Waals surface area contributed by atoms with E-state index in [1.807, 2.05) is 25.1 Å². The number of H-pyrrole nitrogens is 1. The van der Waals surface area contributed by atoms with Gasteiger partial charge in [-0.1, -0.05) is 17.7 Å². The number of anilines is 1. The van der Waals surface area contributed by atoms with E-state index in [1.165, 1.54) is 10.5 Å².